The highest BCUT2D eigenvalue weighted by molar-refractivity contribution is 6.41. The molecular formula is C16H27B. The third-order valence-corrected chi connectivity index (χ3v) is 5.78. The Morgan fingerprint density at radius 2 is 2.29 bits per heavy atom. The molecule has 1 heterocycles. The molecule has 0 saturated heterocycles. The van der Waals surface area contributed by atoms with Crippen molar-refractivity contribution in [1.82, 2.24) is 0 Å². The van der Waals surface area contributed by atoms with Crippen LogP contribution in [0.15, 0.2) is 11.6 Å². The van der Waals surface area contributed by atoms with E-state index in [4.69, 9.17) is 0 Å². The summed E-state index contributed by atoms with van der Waals surface area (Å²) in [5.74, 6) is 4.04. The maximum atomic E-state index is 2.70. The van der Waals surface area contributed by atoms with Crippen molar-refractivity contribution in [3.63, 3.8) is 0 Å². The van der Waals surface area contributed by atoms with Gasteiger partial charge in [-0.05, 0) is 36.5 Å². The molecule has 0 radical (unpaired) electrons. The molecular weight excluding hydrogens is 203 g/mol. The second-order valence-electron chi connectivity index (χ2n) is 7.44. The van der Waals surface area contributed by atoms with Crippen molar-refractivity contribution < 1.29 is 0 Å². The van der Waals surface area contributed by atoms with E-state index in [-0.39, 0.29) is 0 Å². The fourth-order valence-corrected chi connectivity index (χ4v) is 4.73. The first kappa shape index (κ1) is 11.9. The smallest absolute Gasteiger partial charge is 0.0791 e. The molecule has 2 bridgehead atoms. The van der Waals surface area contributed by atoms with Crippen LogP contribution < -0.4 is 0 Å². The van der Waals surface area contributed by atoms with E-state index in [0.29, 0.717) is 5.41 Å². The van der Waals surface area contributed by atoms with E-state index in [2.05, 4.69) is 26.8 Å². The monoisotopic (exact) mass is 230 g/mol. The van der Waals surface area contributed by atoms with Crippen molar-refractivity contribution in [2.45, 2.75) is 70.9 Å². The molecule has 3 aliphatic rings. The van der Waals surface area contributed by atoms with Crippen molar-refractivity contribution in [3.8, 4) is 0 Å². The summed E-state index contributed by atoms with van der Waals surface area (Å²) in [5.41, 5.74) is 2.40. The van der Waals surface area contributed by atoms with Crippen molar-refractivity contribution in [2.75, 3.05) is 0 Å². The highest BCUT2D eigenvalue weighted by Crippen LogP contribution is 2.59. The summed E-state index contributed by atoms with van der Waals surface area (Å²) in [4.78, 5) is 0. The Morgan fingerprint density at radius 1 is 1.47 bits per heavy atom. The molecule has 0 aromatic carbocycles. The average Bonchev–Trinajstić information content (AvgIpc) is 2.93. The lowest BCUT2D eigenvalue weighted by Gasteiger charge is -2.31. The maximum Gasteiger partial charge on any atom is 0.128 e. The first-order valence-electron chi connectivity index (χ1n) is 7.83. The molecule has 3 rings (SSSR count). The predicted octanol–water partition coefficient (Wildman–Crippen LogP) is 4.59. The van der Waals surface area contributed by atoms with Gasteiger partial charge in [0.1, 0.15) is 7.28 Å². The highest BCUT2D eigenvalue weighted by Gasteiger charge is 2.46. The molecule has 0 amide bonds. The second kappa shape index (κ2) is 4.18. The van der Waals surface area contributed by atoms with Crippen LogP contribution in [0.1, 0.15) is 59.3 Å². The average molecular weight is 230 g/mol. The van der Waals surface area contributed by atoms with Crippen molar-refractivity contribution in [1.29, 1.82) is 0 Å². The topological polar surface area (TPSA) is 0 Å². The first-order chi connectivity index (χ1) is 8.11. The summed E-state index contributed by atoms with van der Waals surface area (Å²) >= 11 is 0. The molecule has 5 atom stereocenters. The minimum atomic E-state index is 0.554. The van der Waals surface area contributed by atoms with Crippen molar-refractivity contribution in [2.24, 2.45) is 17.3 Å². The Kier molecular flexibility index (Phi) is 2.92. The normalized spacial score (nSPS) is 48.3. The highest BCUT2D eigenvalue weighted by atomic mass is 14.5. The number of fused-ring (bicyclic) bond motifs is 3. The number of allylic oxidation sites excluding steroid dienone is 2. The van der Waals surface area contributed by atoms with Crippen LogP contribution in [0, 0.1) is 17.3 Å². The Morgan fingerprint density at radius 3 is 3.06 bits per heavy atom. The minimum Gasteiger partial charge on any atom is -0.0791 e. The lowest BCUT2D eigenvalue weighted by atomic mass is 9.52. The van der Waals surface area contributed by atoms with E-state index >= 15 is 0 Å². The van der Waals surface area contributed by atoms with Crippen LogP contribution in [0.2, 0.25) is 11.6 Å². The van der Waals surface area contributed by atoms with Crippen molar-refractivity contribution in [3.05, 3.63) is 11.6 Å². The summed E-state index contributed by atoms with van der Waals surface area (Å²) in [6.07, 6.45) is 11.4. The number of rotatable bonds is 2. The summed E-state index contributed by atoms with van der Waals surface area (Å²) in [5, 5.41) is 0. The molecule has 5 unspecified atom stereocenters. The zero-order valence-electron chi connectivity index (χ0n) is 11.8. The molecule has 1 fully saturated rings. The third-order valence-electron chi connectivity index (χ3n) is 5.78. The van der Waals surface area contributed by atoms with E-state index in [0.717, 1.165) is 23.5 Å². The first-order valence-corrected chi connectivity index (χ1v) is 7.83. The molecule has 1 saturated carbocycles. The van der Waals surface area contributed by atoms with Gasteiger partial charge in [-0.2, -0.15) is 0 Å². The fraction of sp³-hybridized carbons (Fsp3) is 0.875. The summed E-state index contributed by atoms with van der Waals surface area (Å²) in [6.45, 7) is 7.40. The Bertz CT molecular complexity index is 332. The quantitative estimate of drug-likeness (QED) is 0.481. The number of hydrogen-bond donors (Lipinski definition) is 0. The molecule has 1 heteroatoms. The summed E-state index contributed by atoms with van der Waals surface area (Å²) in [6, 6.07) is 0. The van der Waals surface area contributed by atoms with E-state index in [1.165, 1.54) is 45.8 Å². The van der Waals surface area contributed by atoms with E-state index in [9.17, 15) is 0 Å². The van der Waals surface area contributed by atoms with Gasteiger partial charge in [0, 0.05) is 0 Å². The fourth-order valence-electron chi connectivity index (χ4n) is 4.73. The van der Waals surface area contributed by atoms with Crippen LogP contribution >= 0.6 is 0 Å². The third kappa shape index (κ3) is 2.22. The van der Waals surface area contributed by atoms with Gasteiger partial charge in [0.05, 0.1) is 0 Å². The SMILES string of the molecule is CCCC1BC2CC2C2=CC(C)(CC2)CC1C. The zero-order chi connectivity index (χ0) is 12.0. The van der Waals surface area contributed by atoms with Gasteiger partial charge in [-0.25, -0.2) is 0 Å². The van der Waals surface area contributed by atoms with Crippen LogP contribution in [0.5, 0.6) is 0 Å². The van der Waals surface area contributed by atoms with Gasteiger partial charge >= 0.3 is 0 Å². The molecule has 0 N–H and O–H groups in total. The van der Waals surface area contributed by atoms with Crippen LogP contribution in [0.3, 0.4) is 0 Å². The molecule has 17 heavy (non-hydrogen) atoms. The van der Waals surface area contributed by atoms with Gasteiger partial charge in [0.15, 0.2) is 0 Å². The molecule has 1 aliphatic heterocycles. The maximum absolute atomic E-state index is 2.70. The van der Waals surface area contributed by atoms with Gasteiger partial charge < -0.3 is 0 Å². The Labute approximate surface area is 107 Å². The molecule has 0 nitrogen and oxygen atoms in total. The molecule has 0 spiro atoms. The summed E-state index contributed by atoms with van der Waals surface area (Å²) in [7, 11) is 1.53. The van der Waals surface area contributed by atoms with Gasteiger partial charge in [-0.3, -0.25) is 0 Å². The van der Waals surface area contributed by atoms with Crippen LogP contribution in [-0.4, -0.2) is 7.28 Å². The molecule has 0 aromatic rings. The standard InChI is InChI=1S/C16H27B/c1-4-5-14-11(2)9-16(3)7-6-12(10-16)13-8-15(13)17-14/h10-11,13-15,17H,4-9H2,1-3H3. The predicted molar refractivity (Wildman–Crippen MR) is 76.9 cm³/mol. The van der Waals surface area contributed by atoms with Crippen LogP contribution in [0.25, 0.3) is 0 Å². The lowest BCUT2D eigenvalue weighted by Crippen LogP contribution is -2.21. The molecule has 2 aliphatic carbocycles. The van der Waals surface area contributed by atoms with E-state index in [1.54, 1.807) is 0 Å². The van der Waals surface area contributed by atoms with Gasteiger partial charge in [-0.15, -0.1) is 0 Å². The van der Waals surface area contributed by atoms with E-state index in [1.807, 2.05) is 5.57 Å². The Hall–Kier alpha value is -0.195. The second-order valence-corrected chi connectivity index (χ2v) is 7.44. The molecule has 94 valence electrons. The largest absolute Gasteiger partial charge is 0.128 e. The van der Waals surface area contributed by atoms with Crippen LogP contribution in [0.4, 0.5) is 0 Å². The zero-order valence-corrected chi connectivity index (χ0v) is 11.8. The van der Waals surface area contributed by atoms with Gasteiger partial charge in [0.2, 0.25) is 0 Å². The van der Waals surface area contributed by atoms with E-state index < -0.39 is 0 Å². The van der Waals surface area contributed by atoms with Gasteiger partial charge in [-0.1, -0.05) is 63.3 Å². The lowest BCUT2D eigenvalue weighted by molar-refractivity contribution is 0.299. The van der Waals surface area contributed by atoms with Crippen LogP contribution in [-0.2, 0) is 0 Å². The summed E-state index contributed by atoms with van der Waals surface area (Å²) < 4.78 is 0. The molecule has 0 aromatic heterocycles. The van der Waals surface area contributed by atoms with Gasteiger partial charge in [0.25, 0.3) is 0 Å². The number of hydrogen-bond acceptors (Lipinski definition) is 0. The Balaban J connectivity index is 1.81. The van der Waals surface area contributed by atoms with Crippen molar-refractivity contribution >= 4 is 7.28 Å². The minimum absolute atomic E-state index is 0.554.